The third-order valence-corrected chi connectivity index (χ3v) is 3.11. The van der Waals surface area contributed by atoms with E-state index in [2.05, 4.69) is 15.9 Å². The van der Waals surface area contributed by atoms with Crippen molar-refractivity contribution < 1.29 is 19.8 Å². The summed E-state index contributed by atoms with van der Waals surface area (Å²) in [5.74, 6) is -2.02. The topological polar surface area (TPSA) is 74.6 Å². The van der Waals surface area contributed by atoms with E-state index in [1.807, 2.05) is 0 Å². The van der Waals surface area contributed by atoms with Crippen molar-refractivity contribution in [2.24, 2.45) is 0 Å². The van der Waals surface area contributed by atoms with Crippen LogP contribution in [0.4, 0.5) is 0 Å². The largest absolute Gasteiger partial charge is 0.481 e. The molecule has 0 aliphatic rings. The zero-order chi connectivity index (χ0) is 13.8. The van der Waals surface area contributed by atoms with Crippen molar-refractivity contribution in [2.45, 2.75) is 18.8 Å². The summed E-state index contributed by atoms with van der Waals surface area (Å²) in [6.07, 6.45) is 2.57. The van der Waals surface area contributed by atoms with Crippen LogP contribution in [0.1, 0.15) is 18.9 Å². The molecule has 1 unspecified atom stereocenters. The van der Waals surface area contributed by atoms with Crippen LogP contribution in [0.5, 0.6) is 0 Å². The Morgan fingerprint density at radius 2 is 2.06 bits per heavy atom. The summed E-state index contributed by atoms with van der Waals surface area (Å²) in [5.41, 5.74) is -0.648. The van der Waals surface area contributed by atoms with Crippen LogP contribution < -0.4 is 0 Å². The van der Waals surface area contributed by atoms with Crippen molar-refractivity contribution >= 4 is 27.9 Å². The zero-order valence-electron chi connectivity index (χ0n) is 9.76. The normalized spacial score (nSPS) is 14.3. The number of benzene rings is 1. The lowest BCUT2D eigenvalue weighted by Gasteiger charge is -2.21. The number of hydrogen-bond acceptors (Lipinski definition) is 2. The lowest BCUT2D eigenvalue weighted by Crippen LogP contribution is -2.30. The Kier molecular flexibility index (Phi) is 4.67. The quantitative estimate of drug-likeness (QED) is 0.820. The molecular weight excluding hydrogens is 300 g/mol. The Morgan fingerprint density at radius 3 is 2.56 bits per heavy atom. The second-order valence-electron chi connectivity index (χ2n) is 4.02. The number of carboxylic acid groups (broad SMARTS) is 2. The fourth-order valence-electron chi connectivity index (χ4n) is 1.50. The Bertz CT molecular complexity index is 496. The summed E-state index contributed by atoms with van der Waals surface area (Å²) in [6, 6.07) is 6.95. The lowest BCUT2D eigenvalue weighted by atomic mass is 9.82. The summed E-state index contributed by atoms with van der Waals surface area (Å²) in [4.78, 5) is 21.8. The predicted octanol–water partition coefficient (Wildman–Crippen LogP) is 2.82. The van der Waals surface area contributed by atoms with Crippen molar-refractivity contribution in [2.75, 3.05) is 0 Å². The highest BCUT2D eigenvalue weighted by molar-refractivity contribution is 9.10. The second kappa shape index (κ2) is 5.82. The van der Waals surface area contributed by atoms with Gasteiger partial charge in [0.1, 0.15) is 5.41 Å². The highest BCUT2D eigenvalue weighted by Gasteiger charge is 2.32. The first kappa shape index (κ1) is 14.4. The highest BCUT2D eigenvalue weighted by atomic mass is 79.9. The molecule has 1 atom stereocenters. The van der Waals surface area contributed by atoms with Crippen LogP contribution in [0.2, 0.25) is 0 Å². The van der Waals surface area contributed by atoms with E-state index in [0.717, 1.165) is 4.47 Å². The molecule has 0 heterocycles. The number of rotatable bonds is 5. The molecular formula is C13H13BrO4. The first-order valence-electron chi connectivity index (χ1n) is 5.25. The van der Waals surface area contributed by atoms with E-state index in [-0.39, 0.29) is 6.42 Å². The molecule has 0 amide bonds. The molecule has 0 spiro atoms. The minimum Gasteiger partial charge on any atom is -0.481 e. The average molecular weight is 313 g/mol. The van der Waals surface area contributed by atoms with Gasteiger partial charge in [0.15, 0.2) is 0 Å². The van der Waals surface area contributed by atoms with E-state index in [9.17, 15) is 14.7 Å². The Hall–Kier alpha value is -1.62. The fraction of sp³-hybridized carbons (Fsp3) is 0.231. The summed E-state index contributed by atoms with van der Waals surface area (Å²) in [6.45, 7) is 1.54. The molecule has 0 aliphatic carbocycles. The predicted molar refractivity (Wildman–Crippen MR) is 70.5 cm³/mol. The molecule has 5 heteroatoms. The second-order valence-corrected chi connectivity index (χ2v) is 4.93. The van der Waals surface area contributed by atoms with Gasteiger partial charge in [0.2, 0.25) is 0 Å². The molecule has 0 aliphatic heterocycles. The van der Waals surface area contributed by atoms with E-state index in [1.165, 1.54) is 19.1 Å². The number of halogens is 1. The molecule has 1 aromatic carbocycles. The van der Waals surface area contributed by atoms with Crippen LogP contribution in [0.25, 0.3) is 0 Å². The molecule has 0 saturated heterocycles. The van der Waals surface area contributed by atoms with Crippen LogP contribution in [0, 0.1) is 0 Å². The molecule has 4 nitrogen and oxygen atoms in total. The van der Waals surface area contributed by atoms with Crippen LogP contribution in [0.3, 0.4) is 0 Å². The van der Waals surface area contributed by atoms with Crippen molar-refractivity contribution in [1.82, 2.24) is 0 Å². The Balaban J connectivity index is 3.11. The number of carbonyl (C=O) groups is 2. The van der Waals surface area contributed by atoms with Gasteiger partial charge in [0.05, 0.1) is 6.42 Å². The van der Waals surface area contributed by atoms with Crippen molar-refractivity contribution in [1.29, 1.82) is 0 Å². The Morgan fingerprint density at radius 1 is 1.39 bits per heavy atom. The Labute approximate surface area is 113 Å². The van der Waals surface area contributed by atoms with Crippen molar-refractivity contribution in [3.05, 3.63) is 46.5 Å². The van der Waals surface area contributed by atoms with E-state index in [1.54, 1.807) is 24.3 Å². The number of aliphatic carboxylic acids is 2. The van der Waals surface area contributed by atoms with Crippen LogP contribution in [-0.2, 0) is 15.0 Å². The fourth-order valence-corrected chi connectivity index (χ4v) is 1.90. The lowest BCUT2D eigenvalue weighted by molar-refractivity contribution is -0.141. The van der Waals surface area contributed by atoms with E-state index in [4.69, 9.17) is 5.11 Å². The summed E-state index contributed by atoms with van der Waals surface area (Å²) >= 11 is 3.28. The minimum absolute atomic E-state index is 0.198. The molecule has 96 valence electrons. The van der Waals surface area contributed by atoms with Gasteiger partial charge >= 0.3 is 11.9 Å². The van der Waals surface area contributed by atoms with Gasteiger partial charge in [0.25, 0.3) is 0 Å². The van der Waals surface area contributed by atoms with Gasteiger partial charge in [-0.1, -0.05) is 40.2 Å². The molecule has 2 N–H and O–H groups in total. The molecule has 1 rings (SSSR count). The average Bonchev–Trinajstić information content (AvgIpc) is 2.28. The maximum atomic E-state index is 11.4. The van der Waals surface area contributed by atoms with Gasteiger partial charge in [0, 0.05) is 4.47 Å². The summed E-state index contributed by atoms with van der Waals surface area (Å²) < 4.78 is 0.777. The molecule has 0 saturated carbocycles. The summed E-state index contributed by atoms with van der Waals surface area (Å²) in [7, 11) is 0. The van der Waals surface area contributed by atoms with Gasteiger partial charge in [-0.3, -0.25) is 9.59 Å². The number of carboxylic acids is 2. The van der Waals surface area contributed by atoms with E-state index >= 15 is 0 Å². The van der Waals surface area contributed by atoms with E-state index in [0.29, 0.717) is 5.56 Å². The molecule has 0 fully saturated rings. The van der Waals surface area contributed by atoms with Gasteiger partial charge in [-0.15, -0.1) is 0 Å². The van der Waals surface area contributed by atoms with E-state index < -0.39 is 17.4 Å². The van der Waals surface area contributed by atoms with Crippen molar-refractivity contribution in [3.8, 4) is 0 Å². The van der Waals surface area contributed by atoms with Crippen LogP contribution in [0.15, 0.2) is 40.9 Å². The standard InChI is InChI=1S/C13H13BrO4/c1-13(12(17)18,7-3-6-11(15)16)9-4-2-5-10(14)8-9/h2-5,7-8H,6H2,1H3,(H,15,16)(H,17,18)/b7-3+. The smallest absolute Gasteiger partial charge is 0.317 e. The SMILES string of the molecule is CC(/C=C/CC(=O)O)(C(=O)O)c1cccc(Br)c1. The molecule has 1 aromatic rings. The molecule has 18 heavy (non-hydrogen) atoms. The minimum atomic E-state index is -1.24. The van der Waals surface area contributed by atoms with Crippen LogP contribution >= 0.6 is 15.9 Å². The highest BCUT2D eigenvalue weighted by Crippen LogP contribution is 2.28. The third kappa shape index (κ3) is 3.43. The first-order valence-corrected chi connectivity index (χ1v) is 6.04. The van der Waals surface area contributed by atoms with Gasteiger partial charge < -0.3 is 10.2 Å². The molecule has 0 aromatic heterocycles. The van der Waals surface area contributed by atoms with Gasteiger partial charge in [-0.2, -0.15) is 0 Å². The van der Waals surface area contributed by atoms with Gasteiger partial charge in [-0.25, -0.2) is 0 Å². The maximum Gasteiger partial charge on any atom is 0.317 e. The molecule has 0 bridgehead atoms. The zero-order valence-corrected chi connectivity index (χ0v) is 11.3. The number of hydrogen-bond donors (Lipinski definition) is 2. The summed E-state index contributed by atoms with van der Waals surface area (Å²) in [5, 5.41) is 17.9. The third-order valence-electron chi connectivity index (χ3n) is 2.61. The first-order chi connectivity index (χ1) is 8.36. The monoisotopic (exact) mass is 312 g/mol. The van der Waals surface area contributed by atoms with Crippen molar-refractivity contribution in [3.63, 3.8) is 0 Å². The maximum absolute atomic E-state index is 11.4. The molecule has 0 radical (unpaired) electrons. The van der Waals surface area contributed by atoms with Gasteiger partial charge in [-0.05, 0) is 24.6 Å². The van der Waals surface area contributed by atoms with Crippen LogP contribution in [-0.4, -0.2) is 22.2 Å².